The largest absolute Gasteiger partial charge is 0.315 e. The van der Waals surface area contributed by atoms with E-state index in [0.29, 0.717) is 23.2 Å². The van der Waals surface area contributed by atoms with Crippen LogP contribution in [0, 0.1) is 11.3 Å². The molecule has 1 aromatic rings. The van der Waals surface area contributed by atoms with E-state index in [-0.39, 0.29) is 5.91 Å². The molecule has 0 saturated carbocycles. The van der Waals surface area contributed by atoms with Crippen molar-refractivity contribution in [2.75, 3.05) is 51.1 Å². The second-order valence-corrected chi connectivity index (χ2v) is 6.36. The summed E-state index contributed by atoms with van der Waals surface area (Å²) in [7, 11) is 0. The maximum Gasteiger partial charge on any atom is 0.239 e. The van der Waals surface area contributed by atoms with Gasteiger partial charge in [-0.15, -0.1) is 11.3 Å². The Labute approximate surface area is 128 Å². The number of carbonyl (C=O) groups excluding carboxylic acids is 1. The molecule has 0 spiro atoms. The van der Waals surface area contributed by atoms with Gasteiger partial charge in [0, 0.05) is 45.3 Å². The first-order chi connectivity index (χ1) is 10.3. The summed E-state index contributed by atoms with van der Waals surface area (Å²) in [5, 5.41) is 17.5. The Balaban J connectivity index is 1.44. The van der Waals surface area contributed by atoms with Crippen LogP contribution >= 0.6 is 11.3 Å². The molecule has 112 valence electrons. The third-order valence-corrected chi connectivity index (χ3v) is 4.92. The van der Waals surface area contributed by atoms with Crippen LogP contribution in [0.25, 0.3) is 0 Å². The summed E-state index contributed by atoms with van der Waals surface area (Å²) in [4.78, 5) is 16.7. The fraction of sp³-hybridized carbons (Fsp3) is 0.571. The Morgan fingerprint density at radius 2 is 2.19 bits per heavy atom. The minimum absolute atomic E-state index is 0.0345. The molecule has 3 heterocycles. The molecule has 0 aliphatic carbocycles. The average molecular weight is 305 g/mol. The minimum atomic E-state index is -0.0345. The van der Waals surface area contributed by atoms with Crippen LogP contribution in [0.15, 0.2) is 11.4 Å². The molecular formula is C14H19N5OS. The lowest BCUT2D eigenvalue weighted by Gasteiger charge is -2.43. The van der Waals surface area contributed by atoms with Gasteiger partial charge in [0.15, 0.2) is 0 Å². The highest BCUT2D eigenvalue weighted by atomic mass is 32.1. The first-order valence-electron chi connectivity index (χ1n) is 7.21. The Bertz CT molecular complexity index is 540. The number of rotatable bonds is 4. The van der Waals surface area contributed by atoms with E-state index in [1.165, 1.54) is 11.3 Å². The second-order valence-electron chi connectivity index (χ2n) is 5.45. The lowest BCUT2D eigenvalue weighted by atomic mass is 10.1. The fourth-order valence-electron chi connectivity index (χ4n) is 2.68. The lowest BCUT2D eigenvalue weighted by molar-refractivity contribution is -0.117. The molecule has 7 heteroatoms. The summed E-state index contributed by atoms with van der Waals surface area (Å²) in [5.41, 5.74) is 0.538. The van der Waals surface area contributed by atoms with Crippen LogP contribution in [0.2, 0.25) is 0 Å². The van der Waals surface area contributed by atoms with Gasteiger partial charge in [-0.25, -0.2) is 0 Å². The maximum absolute atomic E-state index is 12.1. The predicted octanol–water partition coefficient (Wildman–Crippen LogP) is 0.148. The van der Waals surface area contributed by atoms with Gasteiger partial charge in [0.05, 0.1) is 12.1 Å². The van der Waals surface area contributed by atoms with Crippen LogP contribution in [-0.2, 0) is 4.79 Å². The highest BCUT2D eigenvalue weighted by molar-refractivity contribution is 7.14. The number of carbonyl (C=O) groups is 1. The van der Waals surface area contributed by atoms with Crippen molar-refractivity contribution < 1.29 is 4.79 Å². The molecular weight excluding hydrogens is 286 g/mol. The van der Waals surface area contributed by atoms with E-state index in [0.717, 1.165) is 39.3 Å². The van der Waals surface area contributed by atoms with E-state index in [2.05, 4.69) is 26.5 Å². The van der Waals surface area contributed by atoms with Crippen LogP contribution in [0.5, 0.6) is 0 Å². The third-order valence-electron chi connectivity index (χ3n) is 4.09. The standard InChI is InChI=1S/C14H19N5OS/c15-7-11-1-6-21-14(11)17-13(20)10-18-2-4-19(5-3-18)12-8-16-9-12/h1,6,12,16H,2-5,8-10H2,(H,17,20). The van der Waals surface area contributed by atoms with Gasteiger partial charge >= 0.3 is 0 Å². The summed E-state index contributed by atoms with van der Waals surface area (Å²) in [5.74, 6) is -0.0345. The van der Waals surface area contributed by atoms with Gasteiger partial charge < -0.3 is 10.6 Å². The molecule has 1 amide bonds. The van der Waals surface area contributed by atoms with Crippen molar-refractivity contribution in [2.45, 2.75) is 6.04 Å². The van der Waals surface area contributed by atoms with E-state index in [1.807, 2.05) is 5.38 Å². The quantitative estimate of drug-likeness (QED) is 0.828. The number of thiophene rings is 1. The number of piperazine rings is 1. The van der Waals surface area contributed by atoms with Crippen molar-refractivity contribution in [3.05, 3.63) is 17.0 Å². The molecule has 3 rings (SSSR count). The molecule has 2 N–H and O–H groups in total. The van der Waals surface area contributed by atoms with Crippen molar-refractivity contribution in [1.82, 2.24) is 15.1 Å². The number of hydrogen-bond donors (Lipinski definition) is 2. The maximum atomic E-state index is 12.1. The first kappa shape index (κ1) is 14.5. The number of nitrogens with one attached hydrogen (secondary N) is 2. The van der Waals surface area contributed by atoms with Crippen molar-refractivity contribution >= 4 is 22.2 Å². The zero-order valence-corrected chi connectivity index (χ0v) is 12.7. The van der Waals surface area contributed by atoms with E-state index in [9.17, 15) is 4.79 Å². The van der Waals surface area contributed by atoms with Crippen LogP contribution in [0.3, 0.4) is 0 Å². The molecule has 2 fully saturated rings. The molecule has 0 atom stereocenters. The lowest BCUT2D eigenvalue weighted by Crippen LogP contribution is -2.61. The highest BCUT2D eigenvalue weighted by Crippen LogP contribution is 2.22. The van der Waals surface area contributed by atoms with Crippen molar-refractivity contribution in [3.8, 4) is 6.07 Å². The summed E-state index contributed by atoms with van der Waals surface area (Å²) < 4.78 is 0. The average Bonchev–Trinajstić information content (AvgIpc) is 2.86. The van der Waals surface area contributed by atoms with Gasteiger partial charge in [-0.2, -0.15) is 5.26 Å². The van der Waals surface area contributed by atoms with Gasteiger partial charge in [0.2, 0.25) is 5.91 Å². The summed E-state index contributed by atoms with van der Waals surface area (Å²) in [6.45, 7) is 6.51. The molecule has 0 radical (unpaired) electrons. The number of nitriles is 1. The third kappa shape index (κ3) is 3.41. The van der Waals surface area contributed by atoms with E-state index in [1.54, 1.807) is 6.07 Å². The molecule has 2 saturated heterocycles. The molecule has 2 aliphatic rings. The fourth-order valence-corrected chi connectivity index (χ4v) is 3.44. The van der Waals surface area contributed by atoms with Gasteiger partial charge in [-0.1, -0.05) is 0 Å². The highest BCUT2D eigenvalue weighted by Gasteiger charge is 2.28. The number of amides is 1. The van der Waals surface area contributed by atoms with Crippen molar-refractivity contribution in [1.29, 1.82) is 5.26 Å². The van der Waals surface area contributed by atoms with E-state index < -0.39 is 0 Å². The number of nitrogens with zero attached hydrogens (tertiary/aromatic N) is 3. The van der Waals surface area contributed by atoms with Crippen LogP contribution in [0.4, 0.5) is 5.00 Å². The SMILES string of the molecule is N#Cc1ccsc1NC(=O)CN1CCN(C2CNC2)CC1. The van der Waals surface area contributed by atoms with Gasteiger partial charge in [0.1, 0.15) is 11.1 Å². The van der Waals surface area contributed by atoms with Gasteiger partial charge in [-0.3, -0.25) is 14.6 Å². The van der Waals surface area contributed by atoms with Crippen LogP contribution in [-0.4, -0.2) is 67.6 Å². The van der Waals surface area contributed by atoms with E-state index >= 15 is 0 Å². The predicted molar refractivity (Wildman–Crippen MR) is 82.3 cm³/mol. The second kappa shape index (κ2) is 6.54. The molecule has 6 nitrogen and oxygen atoms in total. The van der Waals surface area contributed by atoms with Crippen molar-refractivity contribution in [2.24, 2.45) is 0 Å². The number of anilines is 1. The number of hydrogen-bond acceptors (Lipinski definition) is 6. The van der Waals surface area contributed by atoms with Gasteiger partial charge in [-0.05, 0) is 11.4 Å². The van der Waals surface area contributed by atoms with Crippen LogP contribution < -0.4 is 10.6 Å². The monoisotopic (exact) mass is 305 g/mol. The summed E-state index contributed by atoms with van der Waals surface area (Å²) in [6, 6.07) is 4.50. The van der Waals surface area contributed by atoms with E-state index in [4.69, 9.17) is 5.26 Å². The topological polar surface area (TPSA) is 71.4 Å². The Kier molecular flexibility index (Phi) is 4.51. The van der Waals surface area contributed by atoms with Gasteiger partial charge in [0.25, 0.3) is 0 Å². The molecule has 0 aromatic carbocycles. The molecule has 0 unspecified atom stereocenters. The Hall–Kier alpha value is -1.46. The Morgan fingerprint density at radius 3 is 2.81 bits per heavy atom. The summed E-state index contributed by atoms with van der Waals surface area (Å²) in [6.07, 6.45) is 0. The molecule has 2 aliphatic heterocycles. The molecule has 0 bridgehead atoms. The zero-order valence-electron chi connectivity index (χ0n) is 11.8. The smallest absolute Gasteiger partial charge is 0.239 e. The molecule has 21 heavy (non-hydrogen) atoms. The summed E-state index contributed by atoms with van der Waals surface area (Å²) >= 11 is 1.39. The molecule has 1 aromatic heterocycles. The Morgan fingerprint density at radius 1 is 1.43 bits per heavy atom. The van der Waals surface area contributed by atoms with Crippen molar-refractivity contribution in [3.63, 3.8) is 0 Å². The van der Waals surface area contributed by atoms with Crippen LogP contribution in [0.1, 0.15) is 5.56 Å². The first-order valence-corrected chi connectivity index (χ1v) is 8.09. The minimum Gasteiger partial charge on any atom is -0.315 e. The zero-order chi connectivity index (χ0) is 14.7. The normalized spacial score (nSPS) is 20.7.